The van der Waals surface area contributed by atoms with Crippen LogP contribution in [0, 0.1) is 6.92 Å². The second kappa shape index (κ2) is 7.64. The third kappa shape index (κ3) is 3.79. The van der Waals surface area contributed by atoms with Crippen molar-refractivity contribution in [3.63, 3.8) is 0 Å². The van der Waals surface area contributed by atoms with E-state index in [2.05, 4.69) is 14.5 Å². The van der Waals surface area contributed by atoms with Crippen LogP contribution >= 0.6 is 35.0 Å². The molecule has 0 saturated heterocycles. The lowest BCUT2D eigenvalue weighted by atomic mass is 10.2. The number of benzene rings is 1. The van der Waals surface area contributed by atoms with Crippen molar-refractivity contribution in [1.82, 2.24) is 14.5 Å². The highest BCUT2D eigenvalue weighted by Gasteiger charge is 2.09. The standard InChI is InChI=1S/C17H18Cl2N4S/c1-11-9-21-17(20)15-16(11)23(10-22-15)6-2-3-7-24-14-5-4-12(18)8-13(14)19/h4-5,8-10H,2-3,6-7H2,1H3,(H2,20,21). The van der Waals surface area contributed by atoms with Crippen molar-refractivity contribution in [3.8, 4) is 0 Å². The summed E-state index contributed by atoms with van der Waals surface area (Å²) in [5.41, 5.74) is 8.86. The Morgan fingerprint density at radius 3 is 2.83 bits per heavy atom. The quantitative estimate of drug-likeness (QED) is 0.471. The first-order valence-electron chi connectivity index (χ1n) is 7.70. The highest BCUT2D eigenvalue weighted by molar-refractivity contribution is 7.99. The van der Waals surface area contributed by atoms with Crippen LogP contribution in [0.3, 0.4) is 0 Å². The Bertz CT molecular complexity index is 863. The molecule has 1 aromatic carbocycles. The second-order valence-corrected chi connectivity index (χ2v) is 7.57. The maximum atomic E-state index is 6.19. The first kappa shape index (κ1) is 17.4. The fraction of sp³-hybridized carbons (Fsp3) is 0.294. The summed E-state index contributed by atoms with van der Waals surface area (Å²) < 4.78 is 2.16. The molecule has 2 N–H and O–H groups in total. The largest absolute Gasteiger partial charge is 0.382 e. The second-order valence-electron chi connectivity index (χ2n) is 5.59. The van der Waals surface area contributed by atoms with Gasteiger partial charge < -0.3 is 10.3 Å². The molecular weight excluding hydrogens is 363 g/mol. The molecule has 0 bridgehead atoms. The average Bonchev–Trinajstić information content (AvgIpc) is 2.98. The molecule has 3 rings (SSSR count). The predicted molar refractivity (Wildman–Crippen MR) is 103 cm³/mol. The SMILES string of the molecule is Cc1cnc(N)c2ncn(CCCCSc3ccc(Cl)cc3Cl)c12. The van der Waals surface area contributed by atoms with E-state index in [9.17, 15) is 0 Å². The highest BCUT2D eigenvalue weighted by atomic mass is 35.5. The molecule has 2 heterocycles. The molecule has 126 valence electrons. The molecule has 0 radical (unpaired) electrons. The minimum atomic E-state index is 0.488. The topological polar surface area (TPSA) is 56.7 Å². The van der Waals surface area contributed by atoms with Crippen LogP contribution in [0.25, 0.3) is 11.0 Å². The van der Waals surface area contributed by atoms with E-state index in [4.69, 9.17) is 28.9 Å². The van der Waals surface area contributed by atoms with Gasteiger partial charge in [0, 0.05) is 22.7 Å². The third-order valence-corrected chi connectivity index (χ3v) is 5.62. The average molecular weight is 381 g/mol. The number of nitrogen functional groups attached to an aromatic ring is 1. The number of aromatic nitrogens is 3. The normalized spacial score (nSPS) is 11.3. The molecule has 0 fully saturated rings. The van der Waals surface area contributed by atoms with Crippen LogP contribution in [-0.4, -0.2) is 20.3 Å². The number of rotatable bonds is 6. The monoisotopic (exact) mass is 380 g/mol. The molecule has 3 aromatic rings. The van der Waals surface area contributed by atoms with Gasteiger partial charge in [0.15, 0.2) is 5.82 Å². The van der Waals surface area contributed by atoms with Gasteiger partial charge in [0.2, 0.25) is 0 Å². The van der Waals surface area contributed by atoms with Crippen LogP contribution in [0.1, 0.15) is 18.4 Å². The number of nitrogens with two attached hydrogens (primary N) is 1. The van der Waals surface area contributed by atoms with Gasteiger partial charge in [-0.2, -0.15) is 0 Å². The van der Waals surface area contributed by atoms with Crippen LogP contribution in [0.2, 0.25) is 10.0 Å². The number of hydrogen-bond donors (Lipinski definition) is 1. The molecule has 0 unspecified atom stereocenters. The lowest BCUT2D eigenvalue weighted by molar-refractivity contribution is 0.648. The molecule has 2 aromatic heterocycles. The molecule has 0 spiro atoms. The number of pyridine rings is 1. The zero-order chi connectivity index (χ0) is 17.1. The van der Waals surface area contributed by atoms with Crippen molar-refractivity contribution in [2.75, 3.05) is 11.5 Å². The number of halogens is 2. The zero-order valence-electron chi connectivity index (χ0n) is 13.3. The minimum Gasteiger partial charge on any atom is -0.382 e. The van der Waals surface area contributed by atoms with Crippen LogP contribution in [0.5, 0.6) is 0 Å². The van der Waals surface area contributed by atoms with E-state index in [0.717, 1.165) is 46.6 Å². The van der Waals surface area contributed by atoms with E-state index in [-0.39, 0.29) is 0 Å². The van der Waals surface area contributed by atoms with Crippen LogP contribution in [0.4, 0.5) is 5.82 Å². The van der Waals surface area contributed by atoms with E-state index in [1.807, 2.05) is 25.4 Å². The van der Waals surface area contributed by atoms with Gasteiger partial charge in [0.05, 0.1) is 16.9 Å². The Balaban J connectivity index is 1.55. The lowest BCUT2D eigenvalue weighted by Crippen LogP contribution is -2.00. The summed E-state index contributed by atoms with van der Waals surface area (Å²) >= 11 is 13.9. The van der Waals surface area contributed by atoms with Crippen molar-refractivity contribution in [2.45, 2.75) is 31.2 Å². The van der Waals surface area contributed by atoms with Crippen molar-refractivity contribution < 1.29 is 0 Å². The van der Waals surface area contributed by atoms with E-state index in [1.54, 1.807) is 24.0 Å². The van der Waals surface area contributed by atoms with Crippen LogP contribution < -0.4 is 5.73 Å². The molecule has 0 aliphatic rings. The molecule has 0 amide bonds. The molecular formula is C17H18Cl2N4S. The van der Waals surface area contributed by atoms with E-state index >= 15 is 0 Å². The van der Waals surface area contributed by atoms with Crippen molar-refractivity contribution in [1.29, 1.82) is 0 Å². The summed E-state index contributed by atoms with van der Waals surface area (Å²) in [6.07, 6.45) is 5.79. The van der Waals surface area contributed by atoms with Crippen molar-refractivity contribution in [3.05, 3.63) is 46.3 Å². The van der Waals surface area contributed by atoms with Gasteiger partial charge in [-0.1, -0.05) is 23.2 Å². The summed E-state index contributed by atoms with van der Waals surface area (Å²) in [5.74, 6) is 1.50. The molecule has 4 nitrogen and oxygen atoms in total. The number of nitrogens with zero attached hydrogens (tertiary/aromatic N) is 3. The molecule has 0 saturated carbocycles. The summed E-state index contributed by atoms with van der Waals surface area (Å²) in [5, 5.41) is 1.38. The fourth-order valence-corrected chi connectivity index (χ4v) is 4.10. The lowest BCUT2D eigenvalue weighted by Gasteiger charge is -2.07. The third-order valence-electron chi connectivity index (χ3n) is 3.80. The maximum absolute atomic E-state index is 6.19. The van der Waals surface area contributed by atoms with Gasteiger partial charge in [-0.05, 0) is 49.3 Å². The number of thioether (sulfide) groups is 1. The minimum absolute atomic E-state index is 0.488. The highest BCUT2D eigenvalue weighted by Crippen LogP contribution is 2.30. The first-order chi connectivity index (χ1) is 11.6. The Hall–Kier alpha value is -1.43. The molecule has 24 heavy (non-hydrogen) atoms. The van der Waals surface area contributed by atoms with E-state index in [1.165, 1.54) is 0 Å². The Kier molecular flexibility index (Phi) is 5.54. The van der Waals surface area contributed by atoms with Crippen molar-refractivity contribution in [2.24, 2.45) is 0 Å². The van der Waals surface area contributed by atoms with Gasteiger partial charge in [-0.15, -0.1) is 11.8 Å². The van der Waals surface area contributed by atoms with Crippen molar-refractivity contribution >= 4 is 51.8 Å². The number of anilines is 1. The Morgan fingerprint density at radius 2 is 2.04 bits per heavy atom. The Morgan fingerprint density at radius 1 is 1.21 bits per heavy atom. The van der Waals surface area contributed by atoms with Gasteiger partial charge in [-0.3, -0.25) is 0 Å². The first-order valence-corrected chi connectivity index (χ1v) is 9.44. The van der Waals surface area contributed by atoms with Crippen LogP contribution in [0.15, 0.2) is 35.6 Å². The zero-order valence-corrected chi connectivity index (χ0v) is 15.6. The maximum Gasteiger partial charge on any atom is 0.151 e. The number of fused-ring (bicyclic) bond motifs is 1. The summed E-state index contributed by atoms with van der Waals surface area (Å²) in [7, 11) is 0. The number of aryl methyl sites for hydroxylation is 2. The summed E-state index contributed by atoms with van der Waals surface area (Å²) in [4.78, 5) is 9.61. The van der Waals surface area contributed by atoms with Gasteiger partial charge >= 0.3 is 0 Å². The summed E-state index contributed by atoms with van der Waals surface area (Å²) in [6.45, 7) is 2.95. The number of imidazole rings is 1. The van der Waals surface area contributed by atoms with E-state index in [0.29, 0.717) is 15.9 Å². The molecule has 7 heteroatoms. The fourth-order valence-electron chi connectivity index (χ4n) is 2.60. The number of hydrogen-bond acceptors (Lipinski definition) is 4. The van der Waals surface area contributed by atoms with Gasteiger partial charge in [-0.25, -0.2) is 9.97 Å². The summed E-state index contributed by atoms with van der Waals surface area (Å²) in [6, 6.07) is 5.62. The molecule has 0 aliphatic heterocycles. The molecule has 0 atom stereocenters. The smallest absolute Gasteiger partial charge is 0.151 e. The van der Waals surface area contributed by atoms with Crippen LogP contribution in [-0.2, 0) is 6.54 Å². The Labute approximate surface area is 155 Å². The van der Waals surface area contributed by atoms with Gasteiger partial charge in [0.1, 0.15) is 5.52 Å². The van der Waals surface area contributed by atoms with Gasteiger partial charge in [0.25, 0.3) is 0 Å². The molecule has 0 aliphatic carbocycles. The predicted octanol–water partition coefficient (Wildman–Crippen LogP) is 5.20. The van der Waals surface area contributed by atoms with E-state index < -0.39 is 0 Å². The number of unbranched alkanes of at least 4 members (excludes halogenated alkanes) is 1.